The monoisotopic (exact) mass is 389 g/mol. The molecule has 4 rings (SSSR count). The Labute approximate surface area is 172 Å². The summed E-state index contributed by atoms with van der Waals surface area (Å²) in [6.45, 7) is 3.37. The molecule has 29 heavy (non-hydrogen) atoms. The fraction of sp³-hybridized carbons (Fsp3) is 0.280. The summed E-state index contributed by atoms with van der Waals surface area (Å²) in [5.41, 5.74) is 5.07. The molecule has 150 valence electrons. The van der Waals surface area contributed by atoms with Crippen molar-refractivity contribution in [1.82, 2.24) is 4.90 Å². The predicted molar refractivity (Wildman–Crippen MR) is 115 cm³/mol. The third-order valence-corrected chi connectivity index (χ3v) is 5.35. The Kier molecular flexibility index (Phi) is 6.01. The molecule has 0 fully saturated rings. The largest absolute Gasteiger partial charge is 0.497 e. The van der Waals surface area contributed by atoms with E-state index in [1.807, 2.05) is 30.3 Å². The van der Waals surface area contributed by atoms with Crippen molar-refractivity contribution >= 4 is 0 Å². The number of fused-ring (bicyclic) bond motifs is 1. The van der Waals surface area contributed by atoms with E-state index in [-0.39, 0.29) is 0 Å². The van der Waals surface area contributed by atoms with E-state index < -0.39 is 0 Å². The zero-order valence-corrected chi connectivity index (χ0v) is 17.1. The lowest BCUT2D eigenvalue weighted by Crippen LogP contribution is -2.30. The lowest BCUT2D eigenvalue weighted by atomic mass is 9.98. The molecular weight excluding hydrogens is 362 g/mol. The maximum atomic E-state index is 6.08. The summed E-state index contributed by atoms with van der Waals surface area (Å²) in [6.07, 6.45) is 1.00. The zero-order chi connectivity index (χ0) is 20.1. The highest BCUT2D eigenvalue weighted by Gasteiger charge is 2.20. The van der Waals surface area contributed by atoms with Gasteiger partial charge in [-0.1, -0.05) is 42.5 Å². The van der Waals surface area contributed by atoms with Crippen molar-refractivity contribution in [3.8, 4) is 17.2 Å². The molecule has 3 aromatic rings. The molecule has 0 bridgehead atoms. The number of methoxy groups -OCH3 is 2. The second-order valence-corrected chi connectivity index (χ2v) is 7.36. The minimum Gasteiger partial charge on any atom is -0.497 e. The molecule has 0 amide bonds. The van der Waals surface area contributed by atoms with Crippen molar-refractivity contribution in [1.29, 1.82) is 0 Å². The normalized spacial score (nSPS) is 13.6. The Balaban J connectivity index is 1.47. The van der Waals surface area contributed by atoms with Gasteiger partial charge in [0.1, 0.15) is 12.4 Å². The van der Waals surface area contributed by atoms with E-state index in [2.05, 4.69) is 41.3 Å². The number of ether oxygens (including phenoxy) is 3. The molecule has 0 unspecified atom stereocenters. The average molecular weight is 389 g/mol. The van der Waals surface area contributed by atoms with Gasteiger partial charge < -0.3 is 14.2 Å². The molecule has 4 heteroatoms. The number of hydrogen-bond donors (Lipinski definition) is 0. The van der Waals surface area contributed by atoms with Crippen LogP contribution in [0.5, 0.6) is 17.2 Å². The molecular formula is C25H27NO3. The Bertz CT molecular complexity index is 956. The van der Waals surface area contributed by atoms with Gasteiger partial charge >= 0.3 is 0 Å². The molecule has 0 saturated heterocycles. The van der Waals surface area contributed by atoms with E-state index in [0.29, 0.717) is 6.61 Å². The zero-order valence-electron chi connectivity index (χ0n) is 17.1. The Morgan fingerprint density at radius 2 is 1.59 bits per heavy atom. The summed E-state index contributed by atoms with van der Waals surface area (Å²) in [7, 11) is 3.41. The average Bonchev–Trinajstić information content (AvgIpc) is 2.78. The minimum atomic E-state index is 0.540. The van der Waals surface area contributed by atoms with Crippen LogP contribution in [0.1, 0.15) is 22.3 Å². The Morgan fingerprint density at radius 1 is 0.793 bits per heavy atom. The molecule has 0 atom stereocenters. The molecule has 0 aliphatic carbocycles. The van der Waals surface area contributed by atoms with Crippen LogP contribution in [0.25, 0.3) is 0 Å². The van der Waals surface area contributed by atoms with Gasteiger partial charge in [-0.25, -0.2) is 0 Å². The molecule has 1 aliphatic heterocycles. The minimum absolute atomic E-state index is 0.540. The lowest BCUT2D eigenvalue weighted by Gasteiger charge is -2.29. The molecule has 1 aliphatic rings. The quantitative estimate of drug-likeness (QED) is 0.578. The van der Waals surface area contributed by atoms with Crippen LogP contribution in [-0.2, 0) is 26.1 Å². The summed E-state index contributed by atoms with van der Waals surface area (Å²) in [5.74, 6) is 2.51. The SMILES string of the molecule is COc1cccc(CN2CCc3cc(OCc4ccccc4)c(OC)cc3C2)c1. The molecule has 3 aromatic carbocycles. The van der Waals surface area contributed by atoms with Crippen molar-refractivity contribution < 1.29 is 14.2 Å². The van der Waals surface area contributed by atoms with E-state index >= 15 is 0 Å². The number of hydrogen-bond acceptors (Lipinski definition) is 4. The van der Waals surface area contributed by atoms with Crippen LogP contribution in [0.2, 0.25) is 0 Å². The van der Waals surface area contributed by atoms with Gasteiger partial charge in [0.2, 0.25) is 0 Å². The van der Waals surface area contributed by atoms with Crippen molar-refractivity contribution in [3.63, 3.8) is 0 Å². The van der Waals surface area contributed by atoms with Gasteiger partial charge in [-0.05, 0) is 52.9 Å². The summed E-state index contributed by atoms with van der Waals surface area (Å²) in [4.78, 5) is 2.46. The van der Waals surface area contributed by atoms with Gasteiger partial charge in [0.25, 0.3) is 0 Å². The fourth-order valence-corrected chi connectivity index (χ4v) is 3.79. The van der Waals surface area contributed by atoms with Gasteiger partial charge in [0, 0.05) is 19.6 Å². The van der Waals surface area contributed by atoms with Crippen molar-refractivity contribution in [2.24, 2.45) is 0 Å². The number of rotatable bonds is 7. The van der Waals surface area contributed by atoms with Crippen molar-refractivity contribution in [2.45, 2.75) is 26.1 Å². The van der Waals surface area contributed by atoms with Gasteiger partial charge in [-0.2, -0.15) is 0 Å². The first-order chi connectivity index (χ1) is 14.2. The van der Waals surface area contributed by atoms with E-state index in [0.717, 1.165) is 48.9 Å². The predicted octanol–water partition coefficient (Wildman–Crippen LogP) is 4.84. The summed E-state index contributed by atoms with van der Waals surface area (Å²) in [5, 5.41) is 0. The first kappa shape index (κ1) is 19.3. The first-order valence-corrected chi connectivity index (χ1v) is 9.97. The molecule has 4 nitrogen and oxygen atoms in total. The van der Waals surface area contributed by atoms with Crippen LogP contribution in [0.3, 0.4) is 0 Å². The van der Waals surface area contributed by atoms with Crippen LogP contribution < -0.4 is 14.2 Å². The van der Waals surface area contributed by atoms with Gasteiger partial charge in [0.05, 0.1) is 14.2 Å². The maximum absolute atomic E-state index is 6.08. The van der Waals surface area contributed by atoms with E-state index in [1.54, 1.807) is 14.2 Å². The van der Waals surface area contributed by atoms with Crippen LogP contribution in [0.15, 0.2) is 66.7 Å². The van der Waals surface area contributed by atoms with Gasteiger partial charge in [-0.15, -0.1) is 0 Å². The van der Waals surface area contributed by atoms with Crippen molar-refractivity contribution in [3.05, 3.63) is 89.0 Å². The highest BCUT2D eigenvalue weighted by Crippen LogP contribution is 2.34. The second-order valence-electron chi connectivity index (χ2n) is 7.36. The number of nitrogens with zero attached hydrogens (tertiary/aromatic N) is 1. The van der Waals surface area contributed by atoms with Crippen molar-refractivity contribution in [2.75, 3.05) is 20.8 Å². The summed E-state index contributed by atoms with van der Waals surface area (Å²) >= 11 is 0. The molecule has 0 N–H and O–H groups in total. The van der Waals surface area contributed by atoms with Crippen LogP contribution in [0.4, 0.5) is 0 Å². The van der Waals surface area contributed by atoms with Gasteiger partial charge in [-0.3, -0.25) is 4.90 Å². The number of benzene rings is 3. The Morgan fingerprint density at radius 3 is 2.38 bits per heavy atom. The Hall–Kier alpha value is -2.98. The van der Waals surface area contributed by atoms with E-state index in [9.17, 15) is 0 Å². The van der Waals surface area contributed by atoms with Crippen LogP contribution in [-0.4, -0.2) is 25.7 Å². The smallest absolute Gasteiger partial charge is 0.161 e. The molecule has 0 saturated carbocycles. The summed E-state index contributed by atoms with van der Waals surface area (Å²) in [6, 6.07) is 22.8. The topological polar surface area (TPSA) is 30.9 Å². The fourth-order valence-electron chi connectivity index (χ4n) is 3.79. The van der Waals surface area contributed by atoms with E-state index in [1.165, 1.54) is 16.7 Å². The molecule has 0 spiro atoms. The lowest BCUT2D eigenvalue weighted by molar-refractivity contribution is 0.242. The molecule has 1 heterocycles. The van der Waals surface area contributed by atoms with E-state index in [4.69, 9.17) is 14.2 Å². The maximum Gasteiger partial charge on any atom is 0.161 e. The standard InChI is InChI=1S/C25H27NO3/c1-27-23-10-6-9-20(13-23)16-26-12-11-21-14-25(24(28-2)15-22(21)17-26)29-18-19-7-4-3-5-8-19/h3-10,13-15H,11-12,16-18H2,1-2H3. The van der Waals surface area contributed by atoms with Crippen LogP contribution in [0, 0.1) is 0 Å². The highest BCUT2D eigenvalue weighted by atomic mass is 16.5. The first-order valence-electron chi connectivity index (χ1n) is 9.97. The second kappa shape index (κ2) is 9.01. The third kappa shape index (κ3) is 4.72. The molecule has 0 radical (unpaired) electrons. The summed E-state index contributed by atoms with van der Waals surface area (Å²) < 4.78 is 17.0. The molecule has 0 aromatic heterocycles. The highest BCUT2D eigenvalue weighted by molar-refractivity contribution is 5.48. The van der Waals surface area contributed by atoms with Crippen LogP contribution >= 0.6 is 0 Å². The third-order valence-electron chi connectivity index (χ3n) is 5.35. The van der Waals surface area contributed by atoms with Gasteiger partial charge in [0.15, 0.2) is 11.5 Å².